The molecule has 10 aromatic rings. The Labute approximate surface area is 524 Å². The minimum absolute atomic E-state index is 0. The standard InChI is InChI=1S/C79H82N4O.Pt/c1-50-38-72(80-48-65(50)52-30-34-66-67(41-52)79(16,17)37-36-78(66,14)15)83-68-35-31-54(74(2,3)4)43-64(68)61-33-32-60(47-71(61)83)84-59-27-23-26-58(46-59)81-49-82(70-29-22-21-28-69(70)81)73-62(51-24-19-18-20-25-51)44-57(77(11,12)13)45-63(73)53-39-55(75(5,6)7)42-56(40-53)76(8,9)10;/h18-35,38-45,48H,36-37H2,1-17H3;/q;+2/i1D3;. The smallest absolute Gasteiger partial charge is 0.509 e. The maximum absolute atomic E-state index is 8.99. The van der Waals surface area contributed by atoms with E-state index >= 15 is 0 Å². The molecule has 6 heteroatoms. The van der Waals surface area contributed by atoms with E-state index in [9.17, 15) is 0 Å². The molecule has 85 heavy (non-hydrogen) atoms. The number of nitrogens with zero attached hydrogens (tertiary/aromatic N) is 4. The van der Waals surface area contributed by atoms with Crippen LogP contribution in [0.1, 0.15) is 167 Å². The number of ether oxygens (including phenoxy) is 1. The summed E-state index contributed by atoms with van der Waals surface area (Å²) in [7, 11) is 0. The van der Waals surface area contributed by atoms with Crippen LogP contribution in [0.3, 0.4) is 0 Å². The summed E-state index contributed by atoms with van der Waals surface area (Å²) in [5.41, 5.74) is 18.7. The van der Waals surface area contributed by atoms with Gasteiger partial charge in [0.15, 0.2) is 0 Å². The number of para-hydroxylation sites is 2. The van der Waals surface area contributed by atoms with E-state index in [1.54, 1.807) is 12.3 Å². The quantitative estimate of drug-likeness (QED) is 0.112. The van der Waals surface area contributed by atoms with E-state index in [1.807, 2.05) is 28.8 Å². The van der Waals surface area contributed by atoms with Gasteiger partial charge in [0.1, 0.15) is 11.5 Å². The van der Waals surface area contributed by atoms with Crippen molar-refractivity contribution in [3.63, 3.8) is 0 Å². The fourth-order valence-electron chi connectivity index (χ4n) is 12.4. The van der Waals surface area contributed by atoms with Gasteiger partial charge in [-0.15, -0.1) is 23.6 Å². The molecule has 0 atom stereocenters. The van der Waals surface area contributed by atoms with Crippen LogP contribution in [0, 0.1) is 19.0 Å². The van der Waals surface area contributed by atoms with E-state index in [0.29, 0.717) is 22.9 Å². The number of rotatable bonds is 8. The summed E-state index contributed by atoms with van der Waals surface area (Å²) in [5, 5.41) is 1.96. The summed E-state index contributed by atoms with van der Waals surface area (Å²) in [6.45, 7) is 34.1. The van der Waals surface area contributed by atoms with Gasteiger partial charge in [-0.25, -0.2) is 4.98 Å². The third kappa shape index (κ3) is 11.0. The first-order chi connectivity index (χ1) is 40.7. The number of aryl methyl sites for hydroxylation is 1. The van der Waals surface area contributed by atoms with Crippen LogP contribution in [0.4, 0.5) is 22.7 Å². The van der Waals surface area contributed by atoms with Crippen molar-refractivity contribution in [1.29, 1.82) is 0 Å². The van der Waals surface area contributed by atoms with Crippen LogP contribution >= 0.6 is 0 Å². The second-order valence-corrected chi connectivity index (χ2v) is 29.1. The van der Waals surface area contributed by atoms with Gasteiger partial charge in [0, 0.05) is 45.0 Å². The maximum atomic E-state index is 8.99. The van der Waals surface area contributed by atoms with E-state index in [2.05, 4.69) is 265 Å². The number of hydrogen-bond donors (Lipinski definition) is 0. The van der Waals surface area contributed by atoms with Crippen molar-refractivity contribution in [2.75, 3.05) is 0 Å². The Kier molecular flexibility index (Phi) is 13.8. The average Bonchev–Trinajstić information content (AvgIpc) is 1.41. The van der Waals surface area contributed by atoms with Crippen LogP contribution in [0.2, 0.25) is 0 Å². The van der Waals surface area contributed by atoms with Gasteiger partial charge in [0.05, 0.1) is 11.1 Å². The number of aromatic nitrogens is 2. The van der Waals surface area contributed by atoms with Crippen molar-refractivity contribution in [2.45, 2.75) is 163 Å². The fraction of sp³-hybridized carbons (Fsp3) is 0.316. The Morgan fingerprint density at radius 3 is 1.76 bits per heavy atom. The molecule has 0 amide bonds. The van der Waals surface area contributed by atoms with Crippen LogP contribution in [0.15, 0.2) is 164 Å². The summed E-state index contributed by atoms with van der Waals surface area (Å²) in [5.74, 6) is 1.46. The molecule has 432 valence electrons. The molecule has 1 aliphatic carbocycles. The molecule has 2 aliphatic rings. The zero-order valence-corrected chi connectivity index (χ0v) is 54.8. The van der Waals surface area contributed by atoms with Crippen molar-refractivity contribution in [3.8, 4) is 50.7 Å². The Bertz CT molecular complexity index is 4460. The zero-order chi connectivity index (χ0) is 62.1. The molecular weight excluding hydrogens is 1220 g/mol. The van der Waals surface area contributed by atoms with E-state index in [4.69, 9.17) is 13.8 Å². The van der Waals surface area contributed by atoms with Crippen LogP contribution in [-0.2, 0) is 53.6 Å². The van der Waals surface area contributed by atoms with Gasteiger partial charge < -0.3 is 9.30 Å². The number of fused-ring (bicyclic) bond motifs is 5. The summed E-state index contributed by atoms with van der Waals surface area (Å²) in [6, 6.07) is 67.3. The number of pyridine rings is 1. The van der Waals surface area contributed by atoms with Gasteiger partial charge in [-0.05, 0) is 142 Å². The van der Waals surface area contributed by atoms with Crippen LogP contribution in [0.25, 0.3) is 61.0 Å². The summed E-state index contributed by atoms with van der Waals surface area (Å²) in [4.78, 5) is 5.15. The van der Waals surface area contributed by atoms with Crippen LogP contribution in [-0.4, -0.2) is 15.6 Å². The summed E-state index contributed by atoms with van der Waals surface area (Å²) in [6.07, 6.45) is 3.90. The van der Waals surface area contributed by atoms with Gasteiger partial charge in [-0.1, -0.05) is 224 Å². The molecule has 12 rings (SSSR count). The SMILES string of the molecule is [2H]C([2H])([2H])c1cc(-n2c3[c-]c(Oc4[c-]c([N+]5=C=[N+](c6c(-c7ccccc7)cc(C(C)(C)C)cc6-c6cc(C(C)(C)C)cc(C(C)(C)C)c6)c6ccccc65)ccc4)ccc3c3cc(C(C)(C)C)ccc32)ncc1-c1ccc2c(c1)C(C)(C)CCC2(C)C.[Pt+2]. The largest absolute Gasteiger partial charge is 2.00 e. The van der Waals surface area contributed by atoms with E-state index in [-0.39, 0.29) is 59.1 Å². The predicted molar refractivity (Wildman–Crippen MR) is 355 cm³/mol. The van der Waals surface area contributed by atoms with Gasteiger partial charge in [-0.3, -0.25) is 0 Å². The first-order valence-corrected chi connectivity index (χ1v) is 30.0. The molecule has 8 aromatic carbocycles. The minimum atomic E-state index is -2.44. The van der Waals surface area contributed by atoms with Crippen molar-refractivity contribution in [1.82, 2.24) is 18.7 Å². The molecule has 3 heterocycles. The Balaban J connectivity index is 0.00000800. The first kappa shape index (κ1) is 55.5. The molecule has 5 nitrogen and oxygen atoms in total. The third-order valence-electron chi connectivity index (χ3n) is 17.8. The minimum Gasteiger partial charge on any atom is -0.509 e. The Hall–Kier alpha value is -7.42. The number of hydrogen-bond acceptors (Lipinski definition) is 2. The Morgan fingerprint density at radius 2 is 1.12 bits per heavy atom. The number of benzene rings is 8. The normalized spacial score (nSPS) is 15.5. The second-order valence-electron chi connectivity index (χ2n) is 29.1. The fourth-order valence-corrected chi connectivity index (χ4v) is 12.4. The molecule has 0 bridgehead atoms. The molecule has 0 N–H and O–H groups in total. The molecule has 0 fully saturated rings. The first-order valence-electron chi connectivity index (χ1n) is 31.5. The maximum Gasteiger partial charge on any atom is 2.00 e. The molecule has 2 aromatic heterocycles. The molecular formula is C79H82N4OPt+2. The van der Waals surface area contributed by atoms with Crippen molar-refractivity contribution >= 4 is 50.6 Å². The molecule has 1 aliphatic heterocycles. The Morgan fingerprint density at radius 1 is 0.518 bits per heavy atom. The van der Waals surface area contributed by atoms with Gasteiger partial charge in [-0.2, -0.15) is 12.1 Å². The van der Waals surface area contributed by atoms with Gasteiger partial charge in [0.2, 0.25) is 5.69 Å². The molecule has 0 saturated heterocycles. The van der Waals surface area contributed by atoms with Crippen LogP contribution in [0.5, 0.6) is 11.5 Å². The van der Waals surface area contributed by atoms with E-state index in [1.165, 1.54) is 33.4 Å². The monoisotopic (exact) mass is 1300 g/mol. The molecule has 0 spiro atoms. The molecule has 0 saturated carbocycles. The summed E-state index contributed by atoms with van der Waals surface area (Å²) >= 11 is 0. The van der Waals surface area contributed by atoms with Crippen LogP contribution < -0.4 is 13.9 Å². The third-order valence-corrected chi connectivity index (χ3v) is 17.8. The van der Waals surface area contributed by atoms with Gasteiger partial charge >= 0.3 is 27.1 Å². The van der Waals surface area contributed by atoms with Crippen molar-refractivity contribution in [3.05, 3.63) is 215 Å². The van der Waals surface area contributed by atoms with Crippen molar-refractivity contribution in [2.24, 2.45) is 0 Å². The van der Waals surface area contributed by atoms with Gasteiger partial charge in [0.25, 0.3) is 11.4 Å². The zero-order valence-electron chi connectivity index (χ0n) is 55.5. The van der Waals surface area contributed by atoms with Crippen molar-refractivity contribution < 1.29 is 29.9 Å². The predicted octanol–water partition coefficient (Wildman–Crippen LogP) is 21.3. The molecule has 0 radical (unpaired) electrons. The average molecular weight is 1300 g/mol. The molecule has 0 unspecified atom stereocenters. The second kappa shape index (κ2) is 21.2. The topological polar surface area (TPSA) is 33.1 Å². The van der Waals surface area contributed by atoms with E-state index < -0.39 is 6.85 Å². The van der Waals surface area contributed by atoms with E-state index in [0.717, 1.165) is 85.2 Å². The summed E-state index contributed by atoms with van der Waals surface area (Å²) < 4.78 is 40.2.